The Bertz CT molecular complexity index is 688. The van der Waals surface area contributed by atoms with E-state index in [1.807, 2.05) is 11.8 Å². The molecule has 0 saturated carbocycles. The molecule has 0 spiro atoms. The van der Waals surface area contributed by atoms with Gasteiger partial charge in [-0.1, -0.05) is 5.16 Å². The molecule has 0 aromatic carbocycles. The zero-order chi connectivity index (χ0) is 14.7. The van der Waals surface area contributed by atoms with E-state index in [2.05, 4.69) is 20.3 Å². The maximum absolute atomic E-state index is 11.5. The van der Waals surface area contributed by atoms with Crippen LogP contribution in [0, 0.1) is 6.92 Å². The predicted octanol–water partition coefficient (Wildman–Crippen LogP) is -0.311. The maximum atomic E-state index is 11.5. The molecule has 4 N–H and O–H groups in total. The number of hydrogen-bond acceptors (Lipinski definition) is 6. The number of rotatable bonds is 5. The van der Waals surface area contributed by atoms with Gasteiger partial charge in [-0.25, -0.2) is 19.3 Å². The van der Waals surface area contributed by atoms with E-state index in [1.54, 1.807) is 13.0 Å². The average Bonchev–Trinajstić information content (AvgIpc) is 2.81. The number of fused-ring (bicyclic) bond motifs is 1. The number of amidine groups is 1. The molecular formula is C11H17N7O2. The number of nitrogens with two attached hydrogens (primary N) is 1. The SMILES string of the molecule is CCN(CCC(N)=NO)c1cc2n[nH]c(=O)n2c(C)n1. The number of aryl methyl sites for hydroxylation is 1. The minimum atomic E-state index is -0.309. The first-order valence-electron chi connectivity index (χ1n) is 6.23. The molecule has 108 valence electrons. The summed E-state index contributed by atoms with van der Waals surface area (Å²) in [5.74, 6) is 1.41. The van der Waals surface area contributed by atoms with E-state index in [4.69, 9.17) is 10.9 Å². The van der Waals surface area contributed by atoms with Crippen molar-refractivity contribution in [3.63, 3.8) is 0 Å². The Morgan fingerprint density at radius 2 is 2.40 bits per heavy atom. The molecule has 0 aliphatic carbocycles. The molecule has 20 heavy (non-hydrogen) atoms. The fraction of sp³-hybridized carbons (Fsp3) is 0.455. The summed E-state index contributed by atoms with van der Waals surface area (Å²) in [6, 6.07) is 1.72. The van der Waals surface area contributed by atoms with Crippen molar-refractivity contribution < 1.29 is 5.21 Å². The Morgan fingerprint density at radius 1 is 1.65 bits per heavy atom. The summed E-state index contributed by atoms with van der Waals surface area (Å²) in [7, 11) is 0. The van der Waals surface area contributed by atoms with E-state index in [1.165, 1.54) is 4.40 Å². The molecule has 2 heterocycles. The Labute approximate surface area is 114 Å². The molecule has 0 fully saturated rings. The second-order valence-corrected chi connectivity index (χ2v) is 4.30. The first kappa shape index (κ1) is 13.8. The van der Waals surface area contributed by atoms with Gasteiger partial charge in [0.05, 0.1) is 0 Å². The van der Waals surface area contributed by atoms with E-state index in [0.29, 0.717) is 36.8 Å². The van der Waals surface area contributed by atoms with Crippen molar-refractivity contribution in [2.75, 3.05) is 18.0 Å². The lowest BCUT2D eigenvalue weighted by molar-refractivity contribution is 0.317. The van der Waals surface area contributed by atoms with Gasteiger partial charge in [0.2, 0.25) is 0 Å². The van der Waals surface area contributed by atoms with Crippen molar-refractivity contribution in [3.8, 4) is 0 Å². The van der Waals surface area contributed by atoms with E-state index in [-0.39, 0.29) is 11.5 Å². The van der Waals surface area contributed by atoms with Gasteiger partial charge in [-0.3, -0.25) is 0 Å². The van der Waals surface area contributed by atoms with Gasteiger partial charge in [-0.05, 0) is 13.8 Å². The Hall–Kier alpha value is -2.58. The molecule has 9 heteroatoms. The van der Waals surface area contributed by atoms with Crippen molar-refractivity contribution in [2.45, 2.75) is 20.3 Å². The smallest absolute Gasteiger partial charge is 0.349 e. The van der Waals surface area contributed by atoms with Crippen LogP contribution in [0.5, 0.6) is 0 Å². The van der Waals surface area contributed by atoms with Crippen molar-refractivity contribution in [1.82, 2.24) is 19.6 Å². The number of hydrogen-bond donors (Lipinski definition) is 3. The van der Waals surface area contributed by atoms with Gasteiger partial charge in [0, 0.05) is 25.6 Å². The highest BCUT2D eigenvalue weighted by molar-refractivity contribution is 5.80. The number of anilines is 1. The standard InChI is InChI=1S/C11H17N7O2/c1-3-17(5-4-8(12)16-20)9-6-10-14-15-11(19)18(10)7(2)13-9/h6,20H,3-5H2,1-2H3,(H2,12,16)(H,15,19). The minimum Gasteiger partial charge on any atom is -0.409 e. The topological polar surface area (TPSA) is 125 Å². The summed E-state index contributed by atoms with van der Waals surface area (Å²) in [5.41, 5.74) is 5.67. The lowest BCUT2D eigenvalue weighted by Gasteiger charge is -2.21. The Balaban J connectivity index is 2.32. The van der Waals surface area contributed by atoms with Crippen LogP contribution in [-0.4, -0.2) is 43.7 Å². The summed E-state index contributed by atoms with van der Waals surface area (Å²) in [6.07, 6.45) is 0.420. The number of H-pyrrole nitrogens is 1. The van der Waals surface area contributed by atoms with Gasteiger partial charge in [-0.15, -0.1) is 0 Å². The molecule has 0 atom stereocenters. The first-order chi connectivity index (χ1) is 9.56. The van der Waals surface area contributed by atoms with Gasteiger partial charge in [0.15, 0.2) is 5.65 Å². The molecule has 0 aliphatic heterocycles. The molecule has 0 unspecified atom stereocenters. The van der Waals surface area contributed by atoms with Crippen molar-refractivity contribution in [1.29, 1.82) is 0 Å². The third-order valence-electron chi connectivity index (χ3n) is 3.03. The normalized spacial score (nSPS) is 12.0. The second-order valence-electron chi connectivity index (χ2n) is 4.30. The van der Waals surface area contributed by atoms with E-state index in [0.717, 1.165) is 0 Å². The van der Waals surface area contributed by atoms with Gasteiger partial charge in [0.25, 0.3) is 0 Å². The minimum absolute atomic E-state index is 0.164. The predicted molar refractivity (Wildman–Crippen MR) is 74.3 cm³/mol. The summed E-state index contributed by atoms with van der Waals surface area (Å²) in [5, 5.41) is 17.8. The highest BCUT2D eigenvalue weighted by atomic mass is 16.4. The molecule has 0 radical (unpaired) electrons. The lowest BCUT2D eigenvalue weighted by Crippen LogP contribution is -2.29. The number of aromatic amines is 1. The summed E-state index contributed by atoms with van der Waals surface area (Å²) < 4.78 is 1.40. The second kappa shape index (κ2) is 5.59. The molecule has 9 nitrogen and oxygen atoms in total. The van der Waals surface area contributed by atoms with Crippen LogP contribution in [0.3, 0.4) is 0 Å². The van der Waals surface area contributed by atoms with Crippen LogP contribution >= 0.6 is 0 Å². The van der Waals surface area contributed by atoms with Gasteiger partial charge >= 0.3 is 5.69 Å². The molecule has 0 bridgehead atoms. The Morgan fingerprint density at radius 3 is 3.05 bits per heavy atom. The van der Waals surface area contributed by atoms with Gasteiger partial charge in [-0.2, -0.15) is 5.10 Å². The van der Waals surface area contributed by atoms with Crippen molar-refractivity contribution in [2.24, 2.45) is 10.9 Å². The van der Waals surface area contributed by atoms with Crippen LogP contribution < -0.4 is 16.3 Å². The molecular weight excluding hydrogens is 262 g/mol. The van der Waals surface area contributed by atoms with Crippen LogP contribution in [0.1, 0.15) is 19.2 Å². The van der Waals surface area contributed by atoms with Crippen LogP contribution in [0.2, 0.25) is 0 Å². The number of oxime groups is 1. The van der Waals surface area contributed by atoms with E-state index >= 15 is 0 Å². The fourth-order valence-electron chi connectivity index (χ4n) is 1.98. The first-order valence-corrected chi connectivity index (χ1v) is 6.23. The molecule has 2 aromatic heterocycles. The van der Waals surface area contributed by atoms with Gasteiger partial charge < -0.3 is 15.8 Å². The van der Waals surface area contributed by atoms with Crippen molar-refractivity contribution >= 4 is 17.3 Å². The highest BCUT2D eigenvalue weighted by Gasteiger charge is 2.12. The molecule has 2 aromatic rings. The zero-order valence-corrected chi connectivity index (χ0v) is 11.4. The van der Waals surface area contributed by atoms with E-state index < -0.39 is 0 Å². The average molecular weight is 279 g/mol. The third-order valence-corrected chi connectivity index (χ3v) is 3.03. The quantitative estimate of drug-likeness (QED) is 0.298. The maximum Gasteiger partial charge on any atom is 0.349 e. The highest BCUT2D eigenvalue weighted by Crippen LogP contribution is 2.13. The molecule has 0 aliphatic rings. The van der Waals surface area contributed by atoms with Crippen LogP contribution in [0.15, 0.2) is 16.0 Å². The summed E-state index contributed by atoms with van der Waals surface area (Å²) >= 11 is 0. The molecule has 0 saturated heterocycles. The van der Waals surface area contributed by atoms with Crippen molar-refractivity contribution in [3.05, 3.63) is 22.4 Å². The zero-order valence-electron chi connectivity index (χ0n) is 11.4. The third kappa shape index (κ3) is 2.56. The molecule has 2 rings (SSSR count). The van der Waals surface area contributed by atoms with Gasteiger partial charge in [0.1, 0.15) is 17.5 Å². The van der Waals surface area contributed by atoms with Crippen LogP contribution in [-0.2, 0) is 0 Å². The largest absolute Gasteiger partial charge is 0.409 e. The summed E-state index contributed by atoms with van der Waals surface area (Å²) in [6.45, 7) is 4.98. The number of aromatic nitrogens is 4. The number of nitrogens with zero attached hydrogens (tertiary/aromatic N) is 5. The summed E-state index contributed by atoms with van der Waals surface area (Å²) in [4.78, 5) is 17.9. The van der Waals surface area contributed by atoms with Crippen LogP contribution in [0.25, 0.3) is 5.65 Å². The number of nitrogens with one attached hydrogen (secondary N) is 1. The van der Waals surface area contributed by atoms with E-state index in [9.17, 15) is 4.79 Å². The van der Waals surface area contributed by atoms with Crippen LogP contribution in [0.4, 0.5) is 5.82 Å². The lowest BCUT2D eigenvalue weighted by atomic mass is 10.3. The Kier molecular flexibility index (Phi) is 3.87. The fourth-order valence-corrected chi connectivity index (χ4v) is 1.98. The monoisotopic (exact) mass is 279 g/mol. The molecule has 0 amide bonds.